The van der Waals surface area contributed by atoms with Crippen LogP contribution in [0, 0.1) is 53.3 Å². The zero-order valence-corrected chi connectivity index (χ0v) is 39.5. The number of hydrogen-bond acceptors (Lipinski definition) is 12. The van der Waals surface area contributed by atoms with Crippen LogP contribution in [-0.2, 0) is 38.2 Å². The molecule has 0 radical (unpaired) electrons. The van der Waals surface area contributed by atoms with E-state index >= 15 is 0 Å². The number of esters is 1. The van der Waals surface area contributed by atoms with Crippen molar-refractivity contribution >= 4 is 29.2 Å². The summed E-state index contributed by atoms with van der Waals surface area (Å²) in [6.07, 6.45) is 13.7. The second kappa shape index (κ2) is 22.9. The van der Waals surface area contributed by atoms with E-state index in [1.165, 1.54) is 4.90 Å². The average molecular weight is 896 g/mol. The largest absolute Gasteiger partial charge is 0.460 e. The van der Waals surface area contributed by atoms with E-state index in [4.69, 9.17) is 14.2 Å². The Morgan fingerprint density at radius 3 is 2.28 bits per heavy atom. The second-order valence-corrected chi connectivity index (χ2v) is 20.3. The van der Waals surface area contributed by atoms with Crippen molar-refractivity contribution in [2.45, 2.75) is 168 Å². The zero-order valence-electron chi connectivity index (χ0n) is 39.5. The van der Waals surface area contributed by atoms with Crippen molar-refractivity contribution in [3.63, 3.8) is 0 Å². The predicted molar refractivity (Wildman–Crippen MR) is 241 cm³/mol. The normalized spacial score (nSPS) is 42.5. The van der Waals surface area contributed by atoms with Crippen LogP contribution in [0.4, 0.5) is 0 Å². The number of carbonyl (C=O) groups excluding carboxylic acids is 5. The molecule has 2 saturated heterocycles. The molecule has 3 heterocycles. The smallest absolute Gasteiger partial charge is 0.329 e. The Kier molecular flexibility index (Phi) is 18.5. The van der Waals surface area contributed by atoms with Crippen molar-refractivity contribution in [2.24, 2.45) is 53.3 Å². The van der Waals surface area contributed by atoms with Crippen molar-refractivity contribution in [1.82, 2.24) is 4.90 Å². The number of rotatable bonds is 5. The summed E-state index contributed by atoms with van der Waals surface area (Å²) in [5.74, 6) is -8.22. The Morgan fingerprint density at radius 2 is 1.62 bits per heavy atom. The Morgan fingerprint density at radius 1 is 0.891 bits per heavy atom. The lowest BCUT2D eigenvalue weighted by Gasteiger charge is -2.42. The number of cyclic esters (lactones) is 1. The van der Waals surface area contributed by atoms with Gasteiger partial charge in [0, 0.05) is 44.2 Å². The number of allylic oxidation sites excluding steroid dienone is 6. The summed E-state index contributed by atoms with van der Waals surface area (Å²) in [4.78, 5) is 71.7. The molecule has 2 aliphatic carbocycles. The maximum Gasteiger partial charge on any atom is 0.329 e. The SMILES string of the molecule is CO[C@H]1C[C@@H]2CC[C@@H](C)[C@@](O)(O2)C(=O)C(=O)N2CCCC[C@H]2C(=O)O[C@H]([C@H](C)C[C@H]2C[C@H]3C[C@@H]2C[C@@H]3O)CC(=O)[C@H](C)/C=C(\C)[C@@H](O)[C@@H](CO)C(=O)[C@H](C)C[C@H](C)/C=C/C=C/C=C/1C. The summed E-state index contributed by atoms with van der Waals surface area (Å²) in [7, 11) is 1.57. The first-order chi connectivity index (χ1) is 30.3. The molecule has 3 aliphatic heterocycles. The molecule has 4 fully saturated rings. The zero-order chi connectivity index (χ0) is 47.0. The Balaban J connectivity index is 1.46. The van der Waals surface area contributed by atoms with Gasteiger partial charge in [-0.25, -0.2) is 4.79 Å². The minimum Gasteiger partial charge on any atom is -0.460 e. The van der Waals surface area contributed by atoms with Crippen LogP contribution in [0.2, 0.25) is 0 Å². The van der Waals surface area contributed by atoms with Crippen molar-refractivity contribution in [2.75, 3.05) is 20.3 Å². The third kappa shape index (κ3) is 12.4. The van der Waals surface area contributed by atoms with Crippen molar-refractivity contribution in [1.29, 1.82) is 0 Å². The molecule has 4 bridgehead atoms. The summed E-state index contributed by atoms with van der Waals surface area (Å²) in [6.45, 7) is 12.2. The molecule has 0 unspecified atom stereocenters. The van der Waals surface area contributed by atoms with Gasteiger partial charge < -0.3 is 39.5 Å². The number of ether oxygens (including phenoxy) is 3. The summed E-state index contributed by atoms with van der Waals surface area (Å²) in [5, 5.41) is 44.1. The fourth-order valence-corrected chi connectivity index (χ4v) is 11.2. The van der Waals surface area contributed by atoms with Gasteiger partial charge in [-0.1, -0.05) is 71.1 Å². The third-order valence-electron chi connectivity index (χ3n) is 15.4. The lowest BCUT2D eigenvalue weighted by molar-refractivity contribution is -0.265. The predicted octanol–water partition coefficient (Wildman–Crippen LogP) is 6.01. The highest BCUT2D eigenvalue weighted by Crippen LogP contribution is 2.51. The molecule has 5 rings (SSSR count). The number of nitrogens with zero attached hydrogens (tertiary/aromatic N) is 1. The maximum atomic E-state index is 14.3. The lowest BCUT2D eigenvalue weighted by atomic mass is 9.79. The molecule has 0 aromatic heterocycles. The first-order valence-electron chi connectivity index (χ1n) is 24.0. The van der Waals surface area contributed by atoms with Gasteiger partial charge in [0.25, 0.3) is 11.7 Å². The molecule has 16 atom stereocenters. The van der Waals surface area contributed by atoms with Crippen LogP contribution in [-0.4, -0.2) is 117 Å². The number of Topliss-reactive ketones (excluding diaryl/α,β-unsaturated/α-hetero) is 3. The molecule has 64 heavy (non-hydrogen) atoms. The monoisotopic (exact) mass is 896 g/mol. The van der Waals surface area contributed by atoms with E-state index in [2.05, 4.69) is 0 Å². The van der Waals surface area contributed by atoms with Crippen LogP contribution in [0.25, 0.3) is 0 Å². The molecule has 13 nitrogen and oxygen atoms in total. The molecule has 0 aromatic carbocycles. The highest BCUT2D eigenvalue weighted by Gasteiger charge is 2.53. The van der Waals surface area contributed by atoms with Gasteiger partial charge in [-0.2, -0.15) is 0 Å². The van der Waals surface area contributed by atoms with E-state index < -0.39 is 84.2 Å². The molecule has 1 amide bonds. The first-order valence-corrected chi connectivity index (χ1v) is 24.0. The van der Waals surface area contributed by atoms with Crippen molar-refractivity contribution in [3.8, 4) is 0 Å². The summed E-state index contributed by atoms with van der Waals surface area (Å²) in [5.41, 5.74) is 1.25. The van der Waals surface area contributed by atoms with Crippen LogP contribution < -0.4 is 0 Å². The van der Waals surface area contributed by atoms with Gasteiger partial charge in [-0.05, 0) is 119 Å². The molecule has 5 aliphatic rings. The van der Waals surface area contributed by atoms with Gasteiger partial charge >= 0.3 is 5.97 Å². The highest BCUT2D eigenvalue weighted by atomic mass is 16.6. The summed E-state index contributed by atoms with van der Waals surface area (Å²) < 4.78 is 18.2. The number of hydrogen-bond donors (Lipinski definition) is 4. The van der Waals surface area contributed by atoms with Crippen molar-refractivity contribution in [3.05, 3.63) is 47.6 Å². The van der Waals surface area contributed by atoms with E-state index in [1.807, 2.05) is 51.2 Å². The van der Waals surface area contributed by atoms with Crippen LogP contribution in [0.3, 0.4) is 0 Å². The van der Waals surface area contributed by atoms with Gasteiger partial charge in [0.1, 0.15) is 23.7 Å². The number of aliphatic hydroxyl groups excluding tert-OH is 3. The second-order valence-electron chi connectivity index (χ2n) is 20.3. The van der Waals surface area contributed by atoms with Crippen LogP contribution in [0.1, 0.15) is 126 Å². The molecule has 2 saturated carbocycles. The number of amides is 1. The van der Waals surface area contributed by atoms with Gasteiger partial charge in [0.2, 0.25) is 5.79 Å². The molecular formula is C51H77NO12. The van der Waals surface area contributed by atoms with Gasteiger partial charge in [0.05, 0.1) is 36.9 Å². The highest BCUT2D eigenvalue weighted by molar-refractivity contribution is 6.39. The fraction of sp³-hybridized carbons (Fsp3) is 0.745. The number of fused-ring (bicyclic) bond motifs is 5. The van der Waals surface area contributed by atoms with E-state index in [9.17, 15) is 44.4 Å². The van der Waals surface area contributed by atoms with E-state index in [0.717, 1.165) is 24.8 Å². The first kappa shape index (κ1) is 51.7. The summed E-state index contributed by atoms with van der Waals surface area (Å²) in [6, 6.07) is -1.12. The third-order valence-corrected chi connectivity index (χ3v) is 15.4. The number of carbonyl (C=O) groups is 5. The minimum absolute atomic E-state index is 0.00184. The van der Waals surface area contributed by atoms with Crippen LogP contribution >= 0.6 is 0 Å². The minimum atomic E-state index is -2.42. The van der Waals surface area contributed by atoms with Gasteiger partial charge in [-0.3, -0.25) is 19.2 Å². The molecule has 13 heteroatoms. The lowest BCUT2D eigenvalue weighted by Crippen LogP contribution is -2.61. The van der Waals surface area contributed by atoms with Crippen LogP contribution in [0.15, 0.2) is 47.6 Å². The molecule has 0 spiro atoms. The topological polar surface area (TPSA) is 197 Å². The van der Waals surface area contributed by atoms with Crippen LogP contribution in [0.5, 0.6) is 0 Å². The maximum absolute atomic E-state index is 14.3. The van der Waals surface area contributed by atoms with E-state index in [-0.39, 0.29) is 54.8 Å². The Bertz CT molecular complexity index is 1780. The van der Waals surface area contributed by atoms with Crippen molar-refractivity contribution < 1.29 is 58.6 Å². The van der Waals surface area contributed by atoms with E-state index in [0.29, 0.717) is 62.4 Å². The number of aliphatic hydroxyl groups is 4. The van der Waals surface area contributed by atoms with Gasteiger partial charge in [0.15, 0.2) is 0 Å². The molecule has 4 N–H and O–H groups in total. The standard InChI is InChI=1S/C51H77NO12/c1-29-14-10-9-11-15-30(2)44(62-8)26-39-18-17-35(7)51(61,64-39)48(58)49(59)52-19-13-12-16-41(52)50(60)63-45(32(4)22-36-23-38-24-37(36)25-43(38)55)27-42(54)31(3)21-34(6)47(57)40(28-53)46(56)33(5)20-29/h9-11,14-15,21,29,31-33,35-41,43-45,47,53,55,57,61H,12-13,16-20,22-28H2,1-8H3/b11-9+,14-10+,30-15+,34-21+/t29-,31-,32-,33-,35-,36+,37-,38+,39+,40+,41+,43+,44+,45+,47-,51-/m1/s1. The Labute approximate surface area is 380 Å². The summed E-state index contributed by atoms with van der Waals surface area (Å²) >= 11 is 0. The fourth-order valence-electron chi connectivity index (χ4n) is 11.2. The number of piperidine rings is 1. The molecular weight excluding hydrogens is 819 g/mol. The quantitative estimate of drug-likeness (QED) is 0.143. The average Bonchev–Trinajstić information content (AvgIpc) is 3.84. The van der Waals surface area contributed by atoms with Gasteiger partial charge in [-0.15, -0.1) is 0 Å². The van der Waals surface area contributed by atoms with E-state index in [1.54, 1.807) is 40.9 Å². The Hall–Kier alpha value is -3.33. The number of methoxy groups -OCH3 is 1. The molecule has 358 valence electrons. The number of ketones is 3. The molecule has 0 aromatic rings.